The molecule has 2 aromatic rings. The maximum absolute atomic E-state index is 5.67. The van der Waals surface area contributed by atoms with Crippen molar-refractivity contribution in [2.75, 3.05) is 33.5 Å². The van der Waals surface area contributed by atoms with Crippen LogP contribution in [-0.2, 0) is 16.5 Å². The van der Waals surface area contributed by atoms with Gasteiger partial charge < -0.3 is 18.8 Å². The Morgan fingerprint density at radius 1 is 1.17 bits per heavy atom. The molecule has 1 heterocycles. The van der Waals surface area contributed by atoms with Crippen LogP contribution in [0.25, 0.3) is 11.0 Å². The van der Waals surface area contributed by atoms with E-state index in [9.17, 15) is 0 Å². The summed E-state index contributed by atoms with van der Waals surface area (Å²) in [5.41, 5.74) is 1.95. The number of fused-ring (bicyclic) bond motifs is 1. The predicted molar refractivity (Wildman–Crippen MR) is 68.9 cm³/mol. The van der Waals surface area contributed by atoms with Gasteiger partial charge in [-0.2, -0.15) is 0 Å². The molecular formula is C13H18N2O3. The number of rotatable bonds is 7. The Balaban J connectivity index is 1.88. The predicted octanol–water partition coefficient (Wildman–Crippen LogP) is 1.62. The molecule has 5 heteroatoms. The second-order valence-electron chi connectivity index (χ2n) is 3.93. The third-order valence-corrected chi connectivity index (χ3v) is 2.63. The van der Waals surface area contributed by atoms with E-state index in [1.807, 2.05) is 29.8 Å². The SMILES string of the molecule is COCCOCCOc1cccc2c1ncn2C. The van der Waals surface area contributed by atoms with Crippen molar-refractivity contribution in [1.82, 2.24) is 9.55 Å². The number of methoxy groups -OCH3 is 1. The third-order valence-electron chi connectivity index (χ3n) is 2.63. The molecular weight excluding hydrogens is 232 g/mol. The van der Waals surface area contributed by atoms with E-state index >= 15 is 0 Å². The number of benzene rings is 1. The zero-order valence-corrected chi connectivity index (χ0v) is 10.8. The Morgan fingerprint density at radius 2 is 2.00 bits per heavy atom. The molecule has 0 unspecified atom stereocenters. The van der Waals surface area contributed by atoms with Gasteiger partial charge in [0, 0.05) is 14.2 Å². The number of aryl methyl sites for hydroxylation is 1. The largest absolute Gasteiger partial charge is 0.489 e. The molecule has 0 spiro atoms. The Hall–Kier alpha value is -1.59. The van der Waals surface area contributed by atoms with E-state index in [-0.39, 0.29) is 0 Å². The van der Waals surface area contributed by atoms with Gasteiger partial charge in [0.15, 0.2) is 0 Å². The van der Waals surface area contributed by atoms with Gasteiger partial charge in [-0.3, -0.25) is 0 Å². The Labute approximate surface area is 106 Å². The molecule has 98 valence electrons. The summed E-state index contributed by atoms with van der Waals surface area (Å²) in [5.74, 6) is 0.795. The zero-order chi connectivity index (χ0) is 12.8. The van der Waals surface area contributed by atoms with E-state index in [0.717, 1.165) is 16.8 Å². The number of ether oxygens (including phenoxy) is 3. The van der Waals surface area contributed by atoms with Crippen LogP contribution in [0.4, 0.5) is 0 Å². The van der Waals surface area contributed by atoms with Gasteiger partial charge in [0.05, 0.1) is 31.7 Å². The van der Waals surface area contributed by atoms with Crippen LogP contribution in [0.3, 0.4) is 0 Å². The Bertz CT molecular complexity index is 496. The molecule has 2 rings (SSSR count). The van der Waals surface area contributed by atoms with Crippen LogP contribution >= 0.6 is 0 Å². The fourth-order valence-corrected chi connectivity index (χ4v) is 1.70. The number of aromatic nitrogens is 2. The van der Waals surface area contributed by atoms with Crippen LogP contribution in [-0.4, -0.2) is 43.1 Å². The monoisotopic (exact) mass is 250 g/mol. The molecule has 0 saturated carbocycles. The lowest BCUT2D eigenvalue weighted by Crippen LogP contribution is -2.10. The third kappa shape index (κ3) is 3.00. The highest BCUT2D eigenvalue weighted by Gasteiger charge is 2.05. The van der Waals surface area contributed by atoms with Crippen LogP contribution in [0.15, 0.2) is 24.5 Å². The summed E-state index contributed by atoms with van der Waals surface area (Å²) in [4.78, 5) is 4.32. The van der Waals surface area contributed by atoms with Crippen molar-refractivity contribution in [3.63, 3.8) is 0 Å². The molecule has 0 N–H and O–H groups in total. The lowest BCUT2D eigenvalue weighted by atomic mass is 10.3. The fourth-order valence-electron chi connectivity index (χ4n) is 1.70. The van der Waals surface area contributed by atoms with Crippen molar-refractivity contribution in [3.8, 4) is 5.75 Å². The van der Waals surface area contributed by atoms with Crippen LogP contribution < -0.4 is 4.74 Å². The van der Waals surface area contributed by atoms with Gasteiger partial charge in [0.2, 0.25) is 0 Å². The molecule has 5 nitrogen and oxygen atoms in total. The standard InChI is InChI=1S/C13H18N2O3/c1-15-10-14-13-11(15)4-3-5-12(13)18-9-8-17-7-6-16-2/h3-5,10H,6-9H2,1-2H3. The lowest BCUT2D eigenvalue weighted by Gasteiger charge is -2.07. The minimum Gasteiger partial charge on any atom is -0.489 e. The second kappa shape index (κ2) is 6.37. The molecule has 0 aliphatic carbocycles. The average Bonchev–Trinajstić information content (AvgIpc) is 2.77. The number of hydrogen-bond acceptors (Lipinski definition) is 4. The van der Waals surface area contributed by atoms with Crippen molar-refractivity contribution in [2.45, 2.75) is 0 Å². The highest BCUT2D eigenvalue weighted by Crippen LogP contribution is 2.23. The van der Waals surface area contributed by atoms with Crippen molar-refractivity contribution >= 4 is 11.0 Å². The van der Waals surface area contributed by atoms with Gasteiger partial charge in [-0.15, -0.1) is 0 Å². The molecule has 0 atom stereocenters. The van der Waals surface area contributed by atoms with Gasteiger partial charge in [0.25, 0.3) is 0 Å². The highest BCUT2D eigenvalue weighted by atomic mass is 16.5. The van der Waals surface area contributed by atoms with Crippen LogP contribution in [0.1, 0.15) is 0 Å². The Kier molecular flexibility index (Phi) is 4.55. The molecule has 18 heavy (non-hydrogen) atoms. The number of hydrogen-bond donors (Lipinski definition) is 0. The average molecular weight is 250 g/mol. The van der Waals surface area contributed by atoms with E-state index < -0.39 is 0 Å². The maximum atomic E-state index is 5.67. The molecule has 0 aliphatic rings. The summed E-state index contributed by atoms with van der Waals surface area (Å²) < 4.78 is 17.9. The first kappa shape index (κ1) is 12.9. The minimum absolute atomic E-state index is 0.513. The summed E-state index contributed by atoms with van der Waals surface area (Å²) in [6, 6.07) is 5.90. The van der Waals surface area contributed by atoms with Crippen molar-refractivity contribution in [3.05, 3.63) is 24.5 Å². The van der Waals surface area contributed by atoms with E-state index in [0.29, 0.717) is 26.4 Å². The van der Waals surface area contributed by atoms with Crippen LogP contribution in [0.2, 0.25) is 0 Å². The van der Waals surface area contributed by atoms with Gasteiger partial charge in [-0.05, 0) is 12.1 Å². The smallest absolute Gasteiger partial charge is 0.147 e. The lowest BCUT2D eigenvalue weighted by molar-refractivity contribution is 0.0546. The van der Waals surface area contributed by atoms with Crippen molar-refractivity contribution in [1.29, 1.82) is 0 Å². The zero-order valence-electron chi connectivity index (χ0n) is 10.8. The first-order valence-electron chi connectivity index (χ1n) is 5.92. The summed E-state index contributed by atoms with van der Waals surface area (Å²) >= 11 is 0. The number of para-hydroxylation sites is 1. The van der Waals surface area contributed by atoms with E-state index in [2.05, 4.69) is 4.98 Å². The first-order chi connectivity index (χ1) is 8.83. The summed E-state index contributed by atoms with van der Waals surface area (Å²) in [6.07, 6.45) is 1.78. The molecule has 0 radical (unpaired) electrons. The fraction of sp³-hybridized carbons (Fsp3) is 0.462. The van der Waals surface area contributed by atoms with Gasteiger partial charge >= 0.3 is 0 Å². The van der Waals surface area contributed by atoms with E-state index in [1.165, 1.54) is 0 Å². The Morgan fingerprint density at radius 3 is 2.83 bits per heavy atom. The topological polar surface area (TPSA) is 45.5 Å². The summed E-state index contributed by atoms with van der Waals surface area (Å²) in [6.45, 7) is 2.26. The summed E-state index contributed by atoms with van der Waals surface area (Å²) in [5, 5.41) is 0. The van der Waals surface area contributed by atoms with Gasteiger partial charge in [-0.25, -0.2) is 4.98 Å². The molecule has 0 aliphatic heterocycles. The van der Waals surface area contributed by atoms with Gasteiger partial charge in [0.1, 0.15) is 17.9 Å². The first-order valence-corrected chi connectivity index (χ1v) is 5.92. The molecule has 1 aromatic heterocycles. The number of nitrogens with zero attached hydrogens (tertiary/aromatic N) is 2. The highest BCUT2D eigenvalue weighted by molar-refractivity contribution is 5.81. The molecule has 0 bridgehead atoms. The second-order valence-corrected chi connectivity index (χ2v) is 3.93. The normalized spacial score (nSPS) is 11.0. The van der Waals surface area contributed by atoms with E-state index in [1.54, 1.807) is 13.4 Å². The summed E-state index contributed by atoms with van der Waals surface area (Å²) in [7, 11) is 3.62. The van der Waals surface area contributed by atoms with Gasteiger partial charge in [-0.1, -0.05) is 6.07 Å². The van der Waals surface area contributed by atoms with Crippen molar-refractivity contribution in [2.24, 2.45) is 7.05 Å². The van der Waals surface area contributed by atoms with Crippen LogP contribution in [0, 0.1) is 0 Å². The quantitative estimate of drug-likeness (QED) is 0.700. The van der Waals surface area contributed by atoms with E-state index in [4.69, 9.17) is 14.2 Å². The maximum Gasteiger partial charge on any atom is 0.147 e. The minimum atomic E-state index is 0.513. The van der Waals surface area contributed by atoms with Crippen molar-refractivity contribution < 1.29 is 14.2 Å². The molecule has 1 aromatic carbocycles. The number of imidazole rings is 1. The van der Waals surface area contributed by atoms with Crippen LogP contribution in [0.5, 0.6) is 5.75 Å². The molecule has 0 fully saturated rings. The molecule has 0 saturated heterocycles. The molecule has 0 amide bonds.